The van der Waals surface area contributed by atoms with Gasteiger partial charge in [0.1, 0.15) is 0 Å². The SMILES string of the molecule is CNC(Cc1ccncc1)c1ncc(Br)cc1Br. The highest BCUT2D eigenvalue weighted by Crippen LogP contribution is 2.26. The van der Waals surface area contributed by atoms with Gasteiger partial charge in [-0.1, -0.05) is 0 Å². The van der Waals surface area contributed by atoms with Crippen molar-refractivity contribution in [1.82, 2.24) is 15.3 Å². The zero-order valence-electron chi connectivity index (χ0n) is 9.90. The van der Waals surface area contributed by atoms with Crippen LogP contribution in [-0.4, -0.2) is 17.0 Å². The number of nitrogens with one attached hydrogen (secondary N) is 1. The van der Waals surface area contributed by atoms with E-state index in [-0.39, 0.29) is 6.04 Å². The van der Waals surface area contributed by atoms with Gasteiger partial charge in [-0.05, 0) is 69.1 Å². The summed E-state index contributed by atoms with van der Waals surface area (Å²) >= 11 is 6.97. The first-order chi connectivity index (χ1) is 8.70. The van der Waals surface area contributed by atoms with Crippen molar-refractivity contribution in [3.05, 3.63) is 57.0 Å². The van der Waals surface area contributed by atoms with Crippen LogP contribution in [0.3, 0.4) is 0 Å². The minimum atomic E-state index is 0.176. The molecule has 0 saturated carbocycles. The Balaban J connectivity index is 2.23. The molecule has 0 fully saturated rings. The van der Waals surface area contributed by atoms with E-state index in [0.717, 1.165) is 21.1 Å². The Bertz CT molecular complexity index is 517. The fourth-order valence-corrected chi connectivity index (χ4v) is 3.04. The predicted octanol–water partition coefficient (Wildman–Crippen LogP) is 3.50. The maximum Gasteiger partial charge on any atom is 0.0719 e. The van der Waals surface area contributed by atoms with Gasteiger partial charge in [0.15, 0.2) is 0 Å². The summed E-state index contributed by atoms with van der Waals surface area (Å²) in [4.78, 5) is 8.50. The third kappa shape index (κ3) is 3.37. The Morgan fingerprint density at radius 1 is 1.28 bits per heavy atom. The van der Waals surface area contributed by atoms with Gasteiger partial charge in [-0.2, -0.15) is 0 Å². The van der Waals surface area contributed by atoms with Crippen LogP contribution in [0, 0.1) is 0 Å². The summed E-state index contributed by atoms with van der Waals surface area (Å²) in [6, 6.07) is 6.24. The van der Waals surface area contributed by atoms with Crippen molar-refractivity contribution in [2.45, 2.75) is 12.5 Å². The summed E-state index contributed by atoms with van der Waals surface area (Å²) in [6.07, 6.45) is 6.32. The highest BCUT2D eigenvalue weighted by molar-refractivity contribution is 9.11. The molecule has 0 spiro atoms. The molecule has 1 unspecified atom stereocenters. The van der Waals surface area contributed by atoms with E-state index in [4.69, 9.17) is 0 Å². The smallest absolute Gasteiger partial charge is 0.0719 e. The Labute approximate surface area is 123 Å². The minimum Gasteiger partial charge on any atom is -0.311 e. The number of hydrogen-bond donors (Lipinski definition) is 1. The summed E-state index contributed by atoms with van der Waals surface area (Å²) in [5, 5.41) is 3.30. The summed E-state index contributed by atoms with van der Waals surface area (Å²) in [5.74, 6) is 0. The van der Waals surface area contributed by atoms with Crippen molar-refractivity contribution >= 4 is 31.9 Å². The molecule has 2 aromatic rings. The van der Waals surface area contributed by atoms with Gasteiger partial charge in [-0.25, -0.2) is 0 Å². The monoisotopic (exact) mass is 369 g/mol. The summed E-state index contributed by atoms with van der Waals surface area (Å²) < 4.78 is 1.97. The largest absolute Gasteiger partial charge is 0.311 e. The molecule has 2 aromatic heterocycles. The van der Waals surface area contributed by atoms with E-state index in [2.05, 4.69) is 47.1 Å². The molecular formula is C13H13Br2N3. The van der Waals surface area contributed by atoms with Crippen LogP contribution in [0.1, 0.15) is 17.3 Å². The lowest BCUT2D eigenvalue weighted by atomic mass is 10.0. The first kappa shape index (κ1) is 13.6. The van der Waals surface area contributed by atoms with Crippen molar-refractivity contribution in [3.8, 4) is 0 Å². The number of nitrogens with zero attached hydrogens (tertiary/aromatic N) is 2. The van der Waals surface area contributed by atoms with E-state index in [1.54, 1.807) is 0 Å². The summed E-state index contributed by atoms with van der Waals surface area (Å²) in [7, 11) is 1.95. The molecule has 0 amide bonds. The molecule has 2 rings (SSSR count). The van der Waals surface area contributed by atoms with Gasteiger partial charge in [0.05, 0.1) is 11.7 Å². The van der Waals surface area contributed by atoms with E-state index < -0.39 is 0 Å². The van der Waals surface area contributed by atoms with Gasteiger partial charge in [0.2, 0.25) is 0 Å². The Morgan fingerprint density at radius 2 is 2.00 bits per heavy atom. The molecule has 1 N–H and O–H groups in total. The molecule has 0 saturated heterocycles. The lowest BCUT2D eigenvalue weighted by Crippen LogP contribution is -2.20. The third-order valence-corrected chi connectivity index (χ3v) is 3.77. The second kappa shape index (κ2) is 6.41. The first-order valence-electron chi connectivity index (χ1n) is 5.58. The minimum absolute atomic E-state index is 0.176. The second-order valence-electron chi connectivity index (χ2n) is 3.92. The predicted molar refractivity (Wildman–Crippen MR) is 79.4 cm³/mol. The molecule has 2 heterocycles. The van der Waals surface area contributed by atoms with Crippen molar-refractivity contribution in [3.63, 3.8) is 0 Å². The molecule has 0 aliphatic rings. The zero-order chi connectivity index (χ0) is 13.0. The van der Waals surface area contributed by atoms with E-state index in [0.29, 0.717) is 0 Å². The van der Waals surface area contributed by atoms with Crippen LogP contribution in [0.15, 0.2) is 45.7 Å². The van der Waals surface area contributed by atoms with Crippen LogP contribution >= 0.6 is 31.9 Å². The van der Waals surface area contributed by atoms with Gasteiger partial charge in [-0.3, -0.25) is 9.97 Å². The van der Waals surface area contributed by atoms with Crippen molar-refractivity contribution < 1.29 is 0 Å². The summed E-state index contributed by atoms with van der Waals surface area (Å²) in [5.41, 5.74) is 2.25. The van der Waals surface area contributed by atoms with E-state index in [1.807, 2.05) is 43.8 Å². The number of halogens is 2. The van der Waals surface area contributed by atoms with Crippen LogP contribution < -0.4 is 5.32 Å². The van der Waals surface area contributed by atoms with Crippen molar-refractivity contribution in [2.24, 2.45) is 0 Å². The van der Waals surface area contributed by atoms with Gasteiger partial charge in [0.25, 0.3) is 0 Å². The van der Waals surface area contributed by atoms with Crippen LogP contribution in [0.25, 0.3) is 0 Å². The molecule has 0 radical (unpaired) electrons. The van der Waals surface area contributed by atoms with E-state index in [9.17, 15) is 0 Å². The maximum atomic E-state index is 4.47. The average Bonchev–Trinajstić information content (AvgIpc) is 2.38. The molecule has 94 valence electrons. The molecular weight excluding hydrogens is 358 g/mol. The highest BCUT2D eigenvalue weighted by Gasteiger charge is 2.15. The molecule has 5 heteroatoms. The summed E-state index contributed by atoms with van der Waals surface area (Å²) in [6.45, 7) is 0. The third-order valence-electron chi connectivity index (χ3n) is 2.70. The maximum absolute atomic E-state index is 4.47. The lowest BCUT2D eigenvalue weighted by Gasteiger charge is -2.17. The fourth-order valence-electron chi connectivity index (χ4n) is 1.77. The number of aromatic nitrogens is 2. The first-order valence-corrected chi connectivity index (χ1v) is 7.16. The van der Waals surface area contributed by atoms with Crippen LogP contribution in [0.4, 0.5) is 0 Å². The molecule has 0 bridgehead atoms. The number of hydrogen-bond acceptors (Lipinski definition) is 3. The average molecular weight is 371 g/mol. The van der Waals surface area contributed by atoms with Crippen LogP contribution in [0.5, 0.6) is 0 Å². The molecule has 18 heavy (non-hydrogen) atoms. The Morgan fingerprint density at radius 3 is 2.61 bits per heavy atom. The second-order valence-corrected chi connectivity index (χ2v) is 5.69. The van der Waals surface area contributed by atoms with Crippen molar-refractivity contribution in [2.75, 3.05) is 7.05 Å². The molecule has 0 aliphatic carbocycles. The number of pyridine rings is 2. The zero-order valence-corrected chi connectivity index (χ0v) is 13.1. The Kier molecular flexibility index (Phi) is 4.86. The Hall–Kier alpha value is -0.780. The van der Waals surface area contributed by atoms with E-state index >= 15 is 0 Å². The highest BCUT2D eigenvalue weighted by atomic mass is 79.9. The van der Waals surface area contributed by atoms with Gasteiger partial charge >= 0.3 is 0 Å². The van der Waals surface area contributed by atoms with Gasteiger partial charge in [0, 0.05) is 27.5 Å². The molecule has 3 nitrogen and oxygen atoms in total. The molecule has 0 aromatic carbocycles. The lowest BCUT2D eigenvalue weighted by molar-refractivity contribution is 0.572. The van der Waals surface area contributed by atoms with Gasteiger partial charge < -0.3 is 5.32 Å². The standard InChI is InChI=1S/C13H13Br2N3/c1-16-12(6-9-2-4-17-5-3-9)13-11(15)7-10(14)8-18-13/h2-5,7-8,12,16H,6H2,1H3. The van der Waals surface area contributed by atoms with Crippen molar-refractivity contribution in [1.29, 1.82) is 0 Å². The number of rotatable bonds is 4. The van der Waals surface area contributed by atoms with Gasteiger partial charge in [-0.15, -0.1) is 0 Å². The topological polar surface area (TPSA) is 37.8 Å². The molecule has 0 aliphatic heterocycles. The van der Waals surface area contributed by atoms with E-state index in [1.165, 1.54) is 5.56 Å². The quantitative estimate of drug-likeness (QED) is 0.894. The fraction of sp³-hybridized carbons (Fsp3) is 0.231. The normalized spacial score (nSPS) is 12.4. The van der Waals surface area contributed by atoms with Crippen LogP contribution in [-0.2, 0) is 6.42 Å². The molecule has 1 atom stereocenters. The number of likely N-dealkylation sites (N-methyl/N-ethyl adjacent to an activating group) is 1. The van der Waals surface area contributed by atoms with Crippen LogP contribution in [0.2, 0.25) is 0 Å².